The Morgan fingerprint density at radius 1 is 1.15 bits per heavy atom. The minimum absolute atomic E-state index is 0.130. The molecule has 0 bridgehead atoms. The molecule has 114 valence electrons. The second kappa shape index (κ2) is 7.98. The van der Waals surface area contributed by atoms with Crippen molar-refractivity contribution in [3.05, 3.63) is 34.9 Å². The van der Waals surface area contributed by atoms with Crippen LogP contribution in [0.3, 0.4) is 0 Å². The molecule has 1 aromatic rings. The van der Waals surface area contributed by atoms with Crippen molar-refractivity contribution in [1.82, 2.24) is 10.0 Å². The molecule has 1 aromatic carbocycles. The van der Waals surface area contributed by atoms with Crippen LogP contribution in [-0.4, -0.2) is 26.8 Å². The van der Waals surface area contributed by atoms with Gasteiger partial charge in [-0.1, -0.05) is 37.6 Å². The zero-order valence-electron chi connectivity index (χ0n) is 12.2. The van der Waals surface area contributed by atoms with Gasteiger partial charge in [0.05, 0.1) is 5.75 Å². The van der Waals surface area contributed by atoms with E-state index in [2.05, 4.69) is 10.0 Å². The van der Waals surface area contributed by atoms with E-state index in [0.29, 0.717) is 24.0 Å². The highest BCUT2D eigenvalue weighted by molar-refractivity contribution is 7.89. The number of hydrogen-bond donors (Lipinski definition) is 2. The van der Waals surface area contributed by atoms with E-state index in [1.807, 2.05) is 32.9 Å². The fraction of sp³-hybridized carbons (Fsp3) is 0.571. The van der Waals surface area contributed by atoms with Crippen molar-refractivity contribution in [1.29, 1.82) is 0 Å². The fourth-order valence-electron chi connectivity index (χ4n) is 1.80. The quantitative estimate of drug-likeness (QED) is 0.725. The molecule has 0 fully saturated rings. The molecule has 0 saturated carbocycles. The molecule has 1 rings (SSSR count). The van der Waals surface area contributed by atoms with Gasteiger partial charge in [0.2, 0.25) is 10.0 Å². The summed E-state index contributed by atoms with van der Waals surface area (Å²) in [5.41, 5.74) is 0.901. The zero-order chi connectivity index (χ0) is 15.2. The van der Waals surface area contributed by atoms with E-state index >= 15 is 0 Å². The molecular formula is C14H23ClN2O2S. The summed E-state index contributed by atoms with van der Waals surface area (Å²) in [5, 5.41) is 3.84. The van der Waals surface area contributed by atoms with Crippen molar-refractivity contribution in [2.75, 3.05) is 12.3 Å². The van der Waals surface area contributed by atoms with Crippen LogP contribution in [0.25, 0.3) is 0 Å². The molecule has 0 amide bonds. The molecule has 0 aliphatic heterocycles. The highest BCUT2D eigenvalue weighted by atomic mass is 35.5. The highest BCUT2D eigenvalue weighted by Crippen LogP contribution is 2.16. The Hall–Kier alpha value is -0.620. The van der Waals surface area contributed by atoms with Crippen LogP contribution in [0.15, 0.2) is 24.3 Å². The Kier molecular flexibility index (Phi) is 6.95. The average Bonchev–Trinajstić information content (AvgIpc) is 2.34. The third-order valence-corrected chi connectivity index (χ3v) is 4.66. The summed E-state index contributed by atoms with van der Waals surface area (Å²) >= 11 is 5.81. The van der Waals surface area contributed by atoms with Gasteiger partial charge >= 0.3 is 0 Å². The van der Waals surface area contributed by atoms with E-state index in [1.165, 1.54) is 0 Å². The summed E-state index contributed by atoms with van der Waals surface area (Å²) in [4.78, 5) is 0. The summed E-state index contributed by atoms with van der Waals surface area (Å²) in [7, 11) is -3.26. The van der Waals surface area contributed by atoms with E-state index in [9.17, 15) is 8.42 Å². The van der Waals surface area contributed by atoms with Crippen LogP contribution in [0.2, 0.25) is 5.02 Å². The molecule has 6 heteroatoms. The molecule has 0 radical (unpaired) electrons. The maximum Gasteiger partial charge on any atom is 0.212 e. The highest BCUT2D eigenvalue weighted by Gasteiger charge is 2.15. The maximum atomic E-state index is 12.0. The number of halogens is 1. The molecule has 0 aromatic heterocycles. The van der Waals surface area contributed by atoms with Crippen LogP contribution in [0.1, 0.15) is 38.8 Å². The van der Waals surface area contributed by atoms with Gasteiger partial charge in [-0.2, -0.15) is 0 Å². The van der Waals surface area contributed by atoms with Crippen molar-refractivity contribution in [3.8, 4) is 0 Å². The average molecular weight is 319 g/mol. The van der Waals surface area contributed by atoms with Gasteiger partial charge in [-0.05, 0) is 37.6 Å². The van der Waals surface area contributed by atoms with Crippen LogP contribution < -0.4 is 10.0 Å². The fourth-order valence-corrected chi connectivity index (χ4v) is 3.24. The van der Waals surface area contributed by atoms with Gasteiger partial charge in [0.25, 0.3) is 0 Å². The number of hydrogen-bond acceptors (Lipinski definition) is 3. The molecule has 1 unspecified atom stereocenters. The monoisotopic (exact) mass is 318 g/mol. The lowest BCUT2D eigenvalue weighted by atomic mass is 10.1. The summed E-state index contributed by atoms with van der Waals surface area (Å²) < 4.78 is 26.6. The van der Waals surface area contributed by atoms with Crippen LogP contribution in [-0.2, 0) is 10.0 Å². The molecule has 2 N–H and O–H groups in total. The maximum absolute atomic E-state index is 12.0. The van der Waals surface area contributed by atoms with Crippen molar-refractivity contribution >= 4 is 21.6 Å². The predicted molar refractivity (Wildman–Crippen MR) is 84.5 cm³/mol. The van der Waals surface area contributed by atoms with Crippen molar-refractivity contribution < 1.29 is 8.42 Å². The topological polar surface area (TPSA) is 58.2 Å². The first kappa shape index (κ1) is 17.4. The van der Waals surface area contributed by atoms with Crippen LogP contribution in [0.5, 0.6) is 0 Å². The van der Waals surface area contributed by atoms with E-state index in [4.69, 9.17) is 11.6 Å². The zero-order valence-corrected chi connectivity index (χ0v) is 13.8. The molecule has 4 nitrogen and oxygen atoms in total. The predicted octanol–water partition coefficient (Wildman–Crippen LogP) is 2.71. The van der Waals surface area contributed by atoms with E-state index in [-0.39, 0.29) is 11.8 Å². The Labute approximate surface area is 127 Å². The molecule has 20 heavy (non-hydrogen) atoms. The van der Waals surface area contributed by atoms with Crippen LogP contribution >= 0.6 is 11.6 Å². The van der Waals surface area contributed by atoms with Crippen LogP contribution in [0, 0.1) is 0 Å². The normalized spacial score (nSPS) is 13.7. The lowest BCUT2D eigenvalue weighted by Crippen LogP contribution is -2.31. The summed E-state index contributed by atoms with van der Waals surface area (Å²) in [5.74, 6) is 0.130. The summed E-state index contributed by atoms with van der Waals surface area (Å²) in [6.07, 6.45) is 0.598. The van der Waals surface area contributed by atoms with Crippen molar-refractivity contribution in [2.24, 2.45) is 0 Å². The molecule has 0 aliphatic carbocycles. The Morgan fingerprint density at radius 2 is 1.75 bits per heavy atom. The van der Waals surface area contributed by atoms with Gasteiger partial charge in [0.1, 0.15) is 0 Å². The third kappa shape index (κ3) is 6.70. The first-order chi connectivity index (χ1) is 9.30. The summed E-state index contributed by atoms with van der Waals surface area (Å²) in [6, 6.07) is 7.29. The Morgan fingerprint density at radius 3 is 2.30 bits per heavy atom. The number of nitrogens with one attached hydrogen (secondary N) is 2. The lowest BCUT2D eigenvalue weighted by Gasteiger charge is -2.15. The minimum Gasteiger partial charge on any atom is -0.314 e. The van der Waals surface area contributed by atoms with Crippen molar-refractivity contribution in [3.63, 3.8) is 0 Å². The minimum atomic E-state index is -3.26. The van der Waals surface area contributed by atoms with E-state index in [0.717, 1.165) is 5.56 Å². The van der Waals surface area contributed by atoms with E-state index < -0.39 is 10.0 Å². The van der Waals surface area contributed by atoms with Crippen molar-refractivity contribution in [2.45, 2.75) is 39.3 Å². The Balaban J connectivity index is 2.47. The Bertz CT molecular complexity index is 500. The molecule has 0 heterocycles. The summed E-state index contributed by atoms with van der Waals surface area (Å²) in [6.45, 7) is 6.60. The van der Waals surface area contributed by atoms with Gasteiger partial charge < -0.3 is 5.32 Å². The second-order valence-corrected chi connectivity index (χ2v) is 7.48. The van der Waals surface area contributed by atoms with Crippen LogP contribution in [0.4, 0.5) is 0 Å². The molecule has 0 spiro atoms. The second-order valence-electron chi connectivity index (χ2n) is 5.17. The third-order valence-electron chi connectivity index (χ3n) is 2.87. The van der Waals surface area contributed by atoms with Gasteiger partial charge in [-0.25, -0.2) is 13.1 Å². The number of sulfonamides is 1. The van der Waals surface area contributed by atoms with Gasteiger partial charge in [0.15, 0.2) is 0 Å². The smallest absolute Gasteiger partial charge is 0.212 e. The molecule has 0 aliphatic rings. The first-order valence-corrected chi connectivity index (χ1v) is 8.82. The molecule has 0 saturated heterocycles. The standard InChI is InChI=1S/C14H23ClN2O2S/c1-11(2)16-9-4-10-20(18,19)17-12(3)13-5-7-14(15)8-6-13/h5-8,11-12,16-17H,4,9-10H2,1-3H3. The SMILES string of the molecule is CC(C)NCCCS(=O)(=O)NC(C)c1ccc(Cl)cc1. The van der Waals surface area contributed by atoms with Gasteiger partial charge in [-0.15, -0.1) is 0 Å². The molecular weight excluding hydrogens is 296 g/mol. The van der Waals surface area contributed by atoms with Gasteiger partial charge in [0, 0.05) is 17.1 Å². The first-order valence-electron chi connectivity index (χ1n) is 6.79. The number of rotatable bonds is 8. The largest absolute Gasteiger partial charge is 0.314 e. The van der Waals surface area contributed by atoms with Gasteiger partial charge in [-0.3, -0.25) is 0 Å². The number of benzene rings is 1. The molecule has 1 atom stereocenters. The lowest BCUT2D eigenvalue weighted by molar-refractivity contribution is 0.552. The van der Waals surface area contributed by atoms with E-state index in [1.54, 1.807) is 12.1 Å².